The van der Waals surface area contributed by atoms with E-state index in [-0.39, 0.29) is 12.4 Å². The van der Waals surface area contributed by atoms with Crippen LogP contribution in [-0.2, 0) is 16.0 Å². The van der Waals surface area contributed by atoms with Crippen molar-refractivity contribution >= 4 is 11.9 Å². The van der Waals surface area contributed by atoms with Crippen LogP contribution in [0.15, 0.2) is 0 Å². The second-order valence-corrected chi connectivity index (χ2v) is 4.67. The van der Waals surface area contributed by atoms with Crippen molar-refractivity contribution in [3.8, 4) is 0 Å². The largest absolute Gasteiger partial charge is 0.469 e. The zero-order valence-electron chi connectivity index (χ0n) is 9.85. The van der Waals surface area contributed by atoms with E-state index >= 15 is 0 Å². The van der Waals surface area contributed by atoms with E-state index in [1.54, 1.807) is 0 Å². The maximum absolute atomic E-state index is 11.2. The molecule has 6 heteroatoms. The minimum Gasteiger partial charge on any atom is -0.469 e. The average molecular weight is 236 g/mol. The van der Waals surface area contributed by atoms with Gasteiger partial charge >= 0.3 is 5.97 Å². The van der Waals surface area contributed by atoms with E-state index in [4.69, 9.17) is 0 Å². The van der Waals surface area contributed by atoms with Crippen LogP contribution >= 0.6 is 0 Å². The summed E-state index contributed by atoms with van der Waals surface area (Å²) in [6.45, 7) is 0.942. The summed E-state index contributed by atoms with van der Waals surface area (Å²) in [6, 6.07) is 0.463. The molecule has 1 aromatic rings. The molecule has 3 rings (SSSR count). The van der Waals surface area contributed by atoms with Crippen LogP contribution in [0.2, 0.25) is 0 Å². The Balaban J connectivity index is 1.82. The van der Waals surface area contributed by atoms with Gasteiger partial charge in [-0.25, -0.2) is 4.68 Å². The first-order chi connectivity index (χ1) is 8.28. The Morgan fingerprint density at radius 1 is 1.53 bits per heavy atom. The summed E-state index contributed by atoms with van der Waals surface area (Å²) in [5.74, 6) is 1.80. The van der Waals surface area contributed by atoms with Gasteiger partial charge < -0.3 is 10.1 Å². The fourth-order valence-electron chi connectivity index (χ4n) is 2.37. The maximum Gasteiger partial charge on any atom is 0.313 e. The average Bonchev–Trinajstić information content (AvgIpc) is 3.08. The number of methoxy groups -OCH3 is 1. The molecule has 17 heavy (non-hydrogen) atoms. The van der Waals surface area contributed by atoms with Crippen LogP contribution in [0, 0.1) is 5.92 Å². The number of nitrogens with zero attached hydrogens (tertiary/aromatic N) is 3. The lowest BCUT2D eigenvalue weighted by Crippen LogP contribution is -2.25. The predicted molar refractivity (Wildman–Crippen MR) is 60.6 cm³/mol. The molecule has 0 amide bonds. The number of ether oxygens (including phenoxy) is 1. The molecular weight excluding hydrogens is 220 g/mol. The van der Waals surface area contributed by atoms with E-state index in [1.807, 2.05) is 4.68 Å². The van der Waals surface area contributed by atoms with Gasteiger partial charge in [0, 0.05) is 6.54 Å². The van der Waals surface area contributed by atoms with Gasteiger partial charge in [-0.3, -0.25) is 4.79 Å². The SMILES string of the molecule is COC(=O)Cc1nc2n(n1)C(C1CC1)CCN2. The molecule has 1 aromatic heterocycles. The molecule has 0 radical (unpaired) electrons. The maximum atomic E-state index is 11.2. The summed E-state index contributed by atoms with van der Waals surface area (Å²) >= 11 is 0. The van der Waals surface area contributed by atoms with Crippen LogP contribution in [0.25, 0.3) is 0 Å². The number of fused-ring (bicyclic) bond motifs is 1. The van der Waals surface area contributed by atoms with Crippen LogP contribution in [-0.4, -0.2) is 34.4 Å². The highest BCUT2D eigenvalue weighted by Crippen LogP contribution is 2.43. The topological polar surface area (TPSA) is 69.0 Å². The number of hydrogen-bond acceptors (Lipinski definition) is 5. The number of rotatable bonds is 3. The van der Waals surface area contributed by atoms with Gasteiger partial charge in [0.25, 0.3) is 0 Å². The molecule has 1 atom stereocenters. The highest BCUT2D eigenvalue weighted by molar-refractivity contribution is 5.71. The molecule has 1 aliphatic heterocycles. The Morgan fingerprint density at radius 3 is 3.06 bits per heavy atom. The zero-order chi connectivity index (χ0) is 11.8. The number of nitrogens with one attached hydrogen (secondary N) is 1. The molecule has 2 heterocycles. The fraction of sp³-hybridized carbons (Fsp3) is 0.727. The molecular formula is C11H16N4O2. The van der Waals surface area contributed by atoms with Crippen molar-refractivity contribution in [1.29, 1.82) is 0 Å². The van der Waals surface area contributed by atoms with Gasteiger partial charge in [-0.15, -0.1) is 0 Å². The summed E-state index contributed by atoms with van der Waals surface area (Å²) in [6.07, 6.45) is 3.82. The second-order valence-electron chi connectivity index (χ2n) is 4.67. The number of carbonyl (C=O) groups excluding carboxylic acids is 1. The van der Waals surface area contributed by atoms with Crippen molar-refractivity contribution in [2.75, 3.05) is 19.0 Å². The first-order valence-corrected chi connectivity index (χ1v) is 6.04. The number of carbonyl (C=O) groups is 1. The predicted octanol–water partition coefficient (Wildman–Crippen LogP) is 0.760. The number of anilines is 1. The molecule has 92 valence electrons. The van der Waals surface area contributed by atoms with Crippen LogP contribution in [0.4, 0.5) is 5.95 Å². The Hall–Kier alpha value is -1.59. The van der Waals surface area contributed by atoms with Crippen molar-refractivity contribution in [3.63, 3.8) is 0 Å². The van der Waals surface area contributed by atoms with Gasteiger partial charge in [-0.2, -0.15) is 10.1 Å². The van der Waals surface area contributed by atoms with E-state index in [2.05, 4.69) is 20.1 Å². The molecule has 1 aliphatic carbocycles. The molecule has 6 nitrogen and oxygen atoms in total. The second kappa shape index (κ2) is 4.01. The summed E-state index contributed by atoms with van der Waals surface area (Å²) in [5.41, 5.74) is 0. The zero-order valence-corrected chi connectivity index (χ0v) is 9.85. The Kier molecular flexibility index (Phi) is 2.49. The van der Waals surface area contributed by atoms with E-state index < -0.39 is 0 Å². The smallest absolute Gasteiger partial charge is 0.313 e. The number of hydrogen-bond donors (Lipinski definition) is 1. The van der Waals surface area contributed by atoms with Gasteiger partial charge in [0.1, 0.15) is 6.42 Å². The Bertz CT molecular complexity index is 439. The van der Waals surface area contributed by atoms with E-state index in [0.29, 0.717) is 11.9 Å². The lowest BCUT2D eigenvalue weighted by atomic mass is 10.1. The third-order valence-electron chi connectivity index (χ3n) is 3.41. The molecule has 0 saturated heterocycles. The normalized spacial score (nSPS) is 22.8. The molecule has 0 bridgehead atoms. The molecule has 1 unspecified atom stereocenters. The van der Waals surface area contributed by atoms with Gasteiger partial charge in [0.15, 0.2) is 5.82 Å². The number of esters is 1. The fourth-order valence-corrected chi connectivity index (χ4v) is 2.37. The van der Waals surface area contributed by atoms with Crippen molar-refractivity contribution in [1.82, 2.24) is 14.8 Å². The van der Waals surface area contributed by atoms with Gasteiger partial charge in [0.05, 0.1) is 13.2 Å². The third kappa shape index (κ3) is 1.99. The minimum atomic E-state index is -0.295. The van der Waals surface area contributed by atoms with Crippen LogP contribution in [0.5, 0.6) is 0 Å². The van der Waals surface area contributed by atoms with E-state index in [0.717, 1.165) is 24.8 Å². The standard InChI is InChI=1S/C11H16N4O2/c1-17-10(16)6-9-13-11-12-5-4-8(7-2-3-7)15(11)14-9/h7-8H,2-6H2,1H3,(H,12,13,14). The highest BCUT2D eigenvalue weighted by atomic mass is 16.5. The van der Waals surface area contributed by atoms with Crippen LogP contribution in [0.3, 0.4) is 0 Å². The lowest BCUT2D eigenvalue weighted by Gasteiger charge is -2.23. The molecule has 0 aromatic carbocycles. The van der Waals surface area contributed by atoms with Gasteiger partial charge in [-0.05, 0) is 25.2 Å². The van der Waals surface area contributed by atoms with Gasteiger partial charge in [0.2, 0.25) is 5.95 Å². The van der Waals surface area contributed by atoms with E-state index in [9.17, 15) is 4.79 Å². The van der Waals surface area contributed by atoms with Gasteiger partial charge in [-0.1, -0.05) is 0 Å². The molecule has 0 spiro atoms. The summed E-state index contributed by atoms with van der Waals surface area (Å²) < 4.78 is 6.58. The number of aromatic nitrogens is 3. The van der Waals surface area contributed by atoms with Crippen LogP contribution < -0.4 is 5.32 Å². The molecule has 2 aliphatic rings. The van der Waals surface area contributed by atoms with Crippen molar-refractivity contribution < 1.29 is 9.53 Å². The van der Waals surface area contributed by atoms with Crippen molar-refractivity contribution in [2.24, 2.45) is 5.92 Å². The summed E-state index contributed by atoms with van der Waals surface area (Å²) in [5, 5.41) is 7.65. The monoisotopic (exact) mass is 236 g/mol. The molecule has 1 saturated carbocycles. The summed E-state index contributed by atoms with van der Waals surface area (Å²) in [4.78, 5) is 15.5. The Labute approximate surface area is 99.4 Å². The molecule has 1 fully saturated rings. The van der Waals surface area contributed by atoms with Crippen molar-refractivity contribution in [2.45, 2.75) is 31.7 Å². The summed E-state index contributed by atoms with van der Waals surface area (Å²) in [7, 11) is 1.38. The first kappa shape index (κ1) is 10.6. The lowest BCUT2D eigenvalue weighted by molar-refractivity contribution is -0.139. The minimum absolute atomic E-state index is 0.148. The third-order valence-corrected chi connectivity index (χ3v) is 3.41. The first-order valence-electron chi connectivity index (χ1n) is 6.04. The quantitative estimate of drug-likeness (QED) is 0.785. The van der Waals surface area contributed by atoms with E-state index in [1.165, 1.54) is 20.0 Å². The van der Waals surface area contributed by atoms with Crippen LogP contribution in [0.1, 0.15) is 31.1 Å². The van der Waals surface area contributed by atoms with Crippen molar-refractivity contribution in [3.05, 3.63) is 5.82 Å². The Morgan fingerprint density at radius 2 is 2.35 bits per heavy atom. The molecule has 1 N–H and O–H groups in total. The highest BCUT2D eigenvalue weighted by Gasteiger charge is 2.36.